The lowest BCUT2D eigenvalue weighted by atomic mass is 9.83. The van der Waals surface area contributed by atoms with E-state index < -0.39 is 0 Å². The van der Waals surface area contributed by atoms with Gasteiger partial charge >= 0.3 is 0 Å². The summed E-state index contributed by atoms with van der Waals surface area (Å²) in [5, 5.41) is 7.42. The quantitative estimate of drug-likeness (QED) is 0.244. The van der Waals surface area contributed by atoms with Gasteiger partial charge in [-0.2, -0.15) is 0 Å². The Morgan fingerprint density at radius 2 is 0.769 bits per heavy atom. The molecule has 26 heavy (non-hydrogen) atoms. The first-order valence-electron chi connectivity index (χ1n) is 8.85. The van der Waals surface area contributed by atoms with E-state index in [1.165, 1.54) is 27.1 Å². The molecule has 0 aliphatic carbocycles. The lowest BCUT2D eigenvalue weighted by molar-refractivity contribution is 1.59. The predicted molar refractivity (Wildman–Crippen MR) is 116 cm³/mol. The Bertz CT molecular complexity index is 1020. The fraction of sp³-hybridized carbons (Fsp3) is 0.0400. The number of benzene rings is 5. The molecule has 5 aromatic carbocycles. The number of hydrogen-bond donors (Lipinski definition) is 0. The van der Waals surface area contributed by atoms with Crippen LogP contribution in [0, 0.1) is 6.92 Å². The summed E-state index contributed by atoms with van der Waals surface area (Å²) >= 11 is 0. The van der Waals surface area contributed by atoms with E-state index in [9.17, 15) is 0 Å². The van der Waals surface area contributed by atoms with Crippen LogP contribution < -0.4 is 5.46 Å². The first-order valence-corrected chi connectivity index (χ1v) is 8.85. The summed E-state index contributed by atoms with van der Waals surface area (Å²) in [7, 11) is 6.22. The van der Waals surface area contributed by atoms with Crippen LogP contribution in [-0.4, -0.2) is 7.85 Å². The van der Waals surface area contributed by atoms with Crippen molar-refractivity contribution in [2.45, 2.75) is 6.92 Å². The van der Waals surface area contributed by atoms with E-state index in [1.54, 1.807) is 0 Å². The molecule has 0 bridgehead atoms. The maximum atomic E-state index is 6.22. The SMILES string of the molecule is [B]c1c2ccccc2c(C)c2ccccc12.c1ccc2ccccc2c1. The molecule has 0 amide bonds. The third kappa shape index (κ3) is 2.97. The smallest absolute Gasteiger partial charge is 0.0813 e. The lowest BCUT2D eigenvalue weighted by Crippen LogP contribution is -2.07. The second kappa shape index (κ2) is 7.05. The average Bonchev–Trinajstić information content (AvgIpc) is 2.73. The van der Waals surface area contributed by atoms with Crippen LogP contribution in [0.4, 0.5) is 0 Å². The fourth-order valence-electron chi connectivity index (χ4n) is 3.51. The summed E-state index contributed by atoms with van der Waals surface area (Å²) in [5.74, 6) is 0. The van der Waals surface area contributed by atoms with Gasteiger partial charge in [-0.1, -0.05) is 103 Å². The van der Waals surface area contributed by atoms with Crippen molar-refractivity contribution in [3.05, 3.63) is 103 Å². The van der Waals surface area contributed by atoms with Crippen molar-refractivity contribution in [3.63, 3.8) is 0 Å². The first kappa shape index (κ1) is 16.4. The Labute approximate surface area is 155 Å². The molecular weight excluding hydrogens is 311 g/mol. The molecule has 1 heteroatoms. The van der Waals surface area contributed by atoms with Gasteiger partial charge in [0.15, 0.2) is 0 Å². The molecule has 0 unspecified atom stereocenters. The Kier molecular flexibility index (Phi) is 4.45. The summed E-state index contributed by atoms with van der Waals surface area (Å²) in [6.45, 7) is 2.16. The molecule has 0 saturated heterocycles. The minimum Gasteiger partial charge on any atom is -0.0813 e. The van der Waals surface area contributed by atoms with Crippen molar-refractivity contribution >= 4 is 45.6 Å². The van der Waals surface area contributed by atoms with Crippen LogP contribution in [-0.2, 0) is 0 Å². The van der Waals surface area contributed by atoms with Crippen molar-refractivity contribution in [2.24, 2.45) is 0 Å². The van der Waals surface area contributed by atoms with E-state index in [0.717, 1.165) is 16.2 Å². The van der Waals surface area contributed by atoms with Crippen LogP contribution in [0.25, 0.3) is 32.3 Å². The van der Waals surface area contributed by atoms with Gasteiger partial charge in [-0.15, -0.1) is 0 Å². The molecule has 0 nitrogen and oxygen atoms in total. The maximum Gasteiger partial charge on any atom is 0.115 e. The average molecular weight is 330 g/mol. The third-order valence-electron chi connectivity index (χ3n) is 4.90. The lowest BCUT2D eigenvalue weighted by Gasteiger charge is -2.11. The molecule has 0 atom stereocenters. The Morgan fingerprint density at radius 1 is 0.462 bits per heavy atom. The molecule has 0 fully saturated rings. The van der Waals surface area contributed by atoms with E-state index >= 15 is 0 Å². The van der Waals surface area contributed by atoms with Crippen LogP contribution in [0.5, 0.6) is 0 Å². The molecule has 0 aliphatic rings. The molecule has 0 N–H and O–H groups in total. The topological polar surface area (TPSA) is 0 Å². The van der Waals surface area contributed by atoms with Crippen LogP contribution in [0.3, 0.4) is 0 Å². The summed E-state index contributed by atoms with van der Waals surface area (Å²) in [6, 6.07) is 33.3. The van der Waals surface area contributed by atoms with Gasteiger partial charge in [-0.25, -0.2) is 0 Å². The van der Waals surface area contributed by atoms with Crippen LogP contribution in [0.2, 0.25) is 0 Å². The molecule has 0 saturated carbocycles. The van der Waals surface area contributed by atoms with Gasteiger partial charge in [-0.05, 0) is 44.8 Å². The summed E-state index contributed by atoms with van der Waals surface area (Å²) in [5.41, 5.74) is 2.19. The van der Waals surface area contributed by atoms with E-state index in [0.29, 0.717) is 0 Å². The number of rotatable bonds is 0. The molecule has 2 radical (unpaired) electrons. The summed E-state index contributed by atoms with van der Waals surface area (Å²) in [6.07, 6.45) is 0. The van der Waals surface area contributed by atoms with Crippen molar-refractivity contribution < 1.29 is 0 Å². The first-order chi connectivity index (χ1) is 12.8. The highest BCUT2D eigenvalue weighted by atomic mass is 14.1. The second-order valence-corrected chi connectivity index (χ2v) is 6.48. The molecule has 5 rings (SSSR count). The van der Waals surface area contributed by atoms with Crippen molar-refractivity contribution in [2.75, 3.05) is 0 Å². The van der Waals surface area contributed by atoms with E-state index in [1.807, 2.05) is 12.1 Å². The number of fused-ring (bicyclic) bond motifs is 3. The van der Waals surface area contributed by atoms with E-state index in [4.69, 9.17) is 7.85 Å². The molecule has 122 valence electrons. The van der Waals surface area contributed by atoms with E-state index in [2.05, 4.69) is 91.9 Å². The molecular formula is C25H19B. The summed E-state index contributed by atoms with van der Waals surface area (Å²) < 4.78 is 0. The third-order valence-corrected chi connectivity index (χ3v) is 4.90. The molecule has 0 heterocycles. The van der Waals surface area contributed by atoms with Gasteiger partial charge < -0.3 is 0 Å². The van der Waals surface area contributed by atoms with Crippen LogP contribution in [0.1, 0.15) is 5.56 Å². The highest BCUT2D eigenvalue weighted by molar-refractivity contribution is 6.45. The summed E-state index contributed by atoms with van der Waals surface area (Å²) in [4.78, 5) is 0. The van der Waals surface area contributed by atoms with Crippen molar-refractivity contribution in [1.82, 2.24) is 0 Å². The zero-order valence-electron chi connectivity index (χ0n) is 14.8. The number of hydrogen-bond acceptors (Lipinski definition) is 0. The van der Waals surface area contributed by atoms with Gasteiger partial charge in [-0.3, -0.25) is 0 Å². The maximum absolute atomic E-state index is 6.22. The zero-order valence-corrected chi connectivity index (χ0v) is 14.8. The monoisotopic (exact) mass is 330 g/mol. The largest absolute Gasteiger partial charge is 0.115 e. The Morgan fingerprint density at radius 3 is 1.15 bits per heavy atom. The minimum atomic E-state index is 0.886. The predicted octanol–water partition coefficient (Wildman–Crippen LogP) is 5.94. The van der Waals surface area contributed by atoms with Gasteiger partial charge in [0.2, 0.25) is 0 Å². The number of aryl methyl sites for hydroxylation is 1. The fourth-order valence-corrected chi connectivity index (χ4v) is 3.51. The molecule has 0 spiro atoms. The zero-order chi connectivity index (χ0) is 17.9. The van der Waals surface area contributed by atoms with Crippen molar-refractivity contribution in [1.29, 1.82) is 0 Å². The Hall–Kier alpha value is -3.06. The van der Waals surface area contributed by atoms with Gasteiger partial charge in [0, 0.05) is 0 Å². The van der Waals surface area contributed by atoms with Gasteiger partial charge in [0.1, 0.15) is 7.85 Å². The highest BCUT2D eigenvalue weighted by Gasteiger charge is 2.06. The minimum absolute atomic E-state index is 0.886. The van der Waals surface area contributed by atoms with E-state index in [-0.39, 0.29) is 0 Å². The Balaban J connectivity index is 0.000000144. The van der Waals surface area contributed by atoms with Gasteiger partial charge in [0.05, 0.1) is 0 Å². The normalized spacial score (nSPS) is 10.7. The highest BCUT2D eigenvalue weighted by Crippen LogP contribution is 2.25. The molecule has 5 aromatic rings. The van der Waals surface area contributed by atoms with Crippen LogP contribution in [0.15, 0.2) is 97.1 Å². The molecule has 0 aromatic heterocycles. The van der Waals surface area contributed by atoms with Crippen molar-refractivity contribution in [3.8, 4) is 0 Å². The molecule has 0 aliphatic heterocycles. The van der Waals surface area contributed by atoms with Crippen LogP contribution >= 0.6 is 0 Å². The van der Waals surface area contributed by atoms with Gasteiger partial charge in [0.25, 0.3) is 0 Å². The standard InChI is InChI=1S/C15H11B.C10H8/c1-10-11-6-2-4-8-13(11)15(16)14-9-5-3-7-12(10)14;1-2-6-10-8-4-3-7-9(10)5-1/h2-9H,1H3;1-8H. The second-order valence-electron chi connectivity index (χ2n) is 6.48.